The highest BCUT2D eigenvalue weighted by molar-refractivity contribution is 5.88. The molecule has 4 nitrogen and oxygen atoms in total. The highest BCUT2D eigenvalue weighted by Crippen LogP contribution is 2.40. The third-order valence-corrected chi connectivity index (χ3v) is 4.56. The maximum Gasteiger partial charge on any atom is 0.324 e. The first-order chi connectivity index (χ1) is 12.7. The Labute approximate surface area is 152 Å². The van der Waals surface area contributed by atoms with Crippen LogP contribution in [-0.2, 0) is 9.53 Å². The molecule has 0 heterocycles. The maximum absolute atomic E-state index is 12.4. The smallest absolute Gasteiger partial charge is 0.324 e. The van der Waals surface area contributed by atoms with Gasteiger partial charge in [0.05, 0.1) is 20.3 Å². The fraction of sp³-hybridized carbons (Fsp3) is 0.182. The van der Waals surface area contributed by atoms with Gasteiger partial charge in [0.1, 0.15) is 5.75 Å². The fourth-order valence-electron chi connectivity index (χ4n) is 3.36. The predicted molar refractivity (Wildman–Crippen MR) is 99.9 cm³/mol. The average molecular weight is 345 g/mol. The summed E-state index contributed by atoms with van der Waals surface area (Å²) in [5, 5.41) is 11.8. The number of hydrogen-bond donors (Lipinski definition) is 0. The standard InChI is InChI=1S/C22H19NO3/c1-25-20-13-6-5-11-18(20)21(19(14-23)22(24)26-2)17-12-7-9-15-8-3-4-10-16(15)17/h3-13,19,21H,1-2H3/t19-,21-/m1/s1. The maximum atomic E-state index is 12.4. The lowest BCUT2D eigenvalue weighted by Gasteiger charge is -2.24. The summed E-state index contributed by atoms with van der Waals surface area (Å²) in [5.41, 5.74) is 1.67. The van der Waals surface area contributed by atoms with Crippen molar-refractivity contribution in [1.29, 1.82) is 5.26 Å². The molecule has 0 saturated carbocycles. The summed E-state index contributed by atoms with van der Waals surface area (Å²) in [4.78, 5) is 12.4. The van der Waals surface area contributed by atoms with Gasteiger partial charge in [0.15, 0.2) is 5.92 Å². The van der Waals surface area contributed by atoms with Crippen molar-refractivity contribution >= 4 is 16.7 Å². The monoisotopic (exact) mass is 345 g/mol. The van der Waals surface area contributed by atoms with Crippen molar-refractivity contribution in [2.75, 3.05) is 14.2 Å². The molecule has 0 aliphatic carbocycles. The molecule has 0 radical (unpaired) electrons. The number of hydrogen-bond acceptors (Lipinski definition) is 4. The van der Waals surface area contributed by atoms with Gasteiger partial charge in [0, 0.05) is 11.5 Å². The Morgan fingerprint density at radius 3 is 2.31 bits per heavy atom. The van der Waals surface area contributed by atoms with Gasteiger partial charge in [-0.05, 0) is 22.4 Å². The average Bonchev–Trinajstić information content (AvgIpc) is 2.71. The summed E-state index contributed by atoms with van der Waals surface area (Å²) < 4.78 is 10.4. The van der Waals surface area contributed by atoms with E-state index in [1.165, 1.54) is 7.11 Å². The Morgan fingerprint density at radius 1 is 0.923 bits per heavy atom. The van der Waals surface area contributed by atoms with Crippen molar-refractivity contribution in [3.8, 4) is 11.8 Å². The Balaban J connectivity index is 2.30. The largest absolute Gasteiger partial charge is 0.496 e. The molecule has 0 amide bonds. The van der Waals surface area contributed by atoms with Gasteiger partial charge in [-0.3, -0.25) is 4.79 Å². The Morgan fingerprint density at radius 2 is 1.58 bits per heavy atom. The number of esters is 1. The van der Waals surface area contributed by atoms with Crippen molar-refractivity contribution in [3.63, 3.8) is 0 Å². The number of para-hydroxylation sites is 1. The first kappa shape index (κ1) is 17.5. The number of nitriles is 1. The van der Waals surface area contributed by atoms with Crippen LogP contribution in [0.4, 0.5) is 0 Å². The normalized spacial score (nSPS) is 12.8. The lowest BCUT2D eigenvalue weighted by molar-refractivity contribution is -0.143. The van der Waals surface area contributed by atoms with Crippen LogP contribution in [-0.4, -0.2) is 20.2 Å². The Bertz CT molecular complexity index is 969. The third-order valence-electron chi connectivity index (χ3n) is 4.56. The zero-order valence-electron chi connectivity index (χ0n) is 14.7. The van der Waals surface area contributed by atoms with Gasteiger partial charge in [-0.2, -0.15) is 5.26 Å². The van der Waals surface area contributed by atoms with Crippen LogP contribution in [0, 0.1) is 17.2 Å². The van der Waals surface area contributed by atoms with Gasteiger partial charge in [-0.25, -0.2) is 0 Å². The van der Waals surface area contributed by atoms with Gasteiger partial charge in [0.2, 0.25) is 0 Å². The van der Waals surface area contributed by atoms with E-state index in [0.717, 1.165) is 21.9 Å². The van der Waals surface area contributed by atoms with E-state index in [9.17, 15) is 10.1 Å². The van der Waals surface area contributed by atoms with Gasteiger partial charge >= 0.3 is 5.97 Å². The first-order valence-corrected chi connectivity index (χ1v) is 8.29. The number of nitrogens with zero attached hydrogens (tertiary/aromatic N) is 1. The predicted octanol–water partition coefficient (Wildman–Crippen LogP) is 4.29. The molecule has 130 valence electrons. The third kappa shape index (κ3) is 3.12. The Kier molecular flexibility index (Phi) is 5.19. The number of carbonyl (C=O) groups is 1. The van der Waals surface area contributed by atoms with Crippen LogP contribution in [0.3, 0.4) is 0 Å². The molecule has 3 aromatic rings. The van der Waals surface area contributed by atoms with Crippen LogP contribution in [0.2, 0.25) is 0 Å². The molecule has 3 rings (SSSR count). The van der Waals surface area contributed by atoms with Crippen LogP contribution in [0.15, 0.2) is 66.7 Å². The molecular weight excluding hydrogens is 326 g/mol. The summed E-state index contributed by atoms with van der Waals surface area (Å²) in [6.45, 7) is 0. The fourth-order valence-corrected chi connectivity index (χ4v) is 3.36. The van der Waals surface area contributed by atoms with Gasteiger partial charge in [0.25, 0.3) is 0 Å². The van der Waals surface area contributed by atoms with E-state index >= 15 is 0 Å². The van der Waals surface area contributed by atoms with E-state index in [0.29, 0.717) is 5.75 Å². The highest BCUT2D eigenvalue weighted by Gasteiger charge is 2.34. The summed E-state index contributed by atoms with van der Waals surface area (Å²) in [5.74, 6) is -1.41. The molecule has 0 aliphatic rings. The lowest BCUT2D eigenvalue weighted by Crippen LogP contribution is -2.24. The molecule has 0 fully saturated rings. The minimum atomic E-state index is -0.984. The number of ether oxygens (including phenoxy) is 2. The van der Waals surface area contributed by atoms with Crippen LogP contribution in [0.25, 0.3) is 10.8 Å². The second-order valence-corrected chi connectivity index (χ2v) is 5.92. The molecular formula is C22H19NO3. The molecule has 26 heavy (non-hydrogen) atoms. The van der Waals surface area contributed by atoms with Gasteiger partial charge in [-0.1, -0.05) is 60.7 Å². The van der Waals surface area contributed by atoms with E-state index in [1.807, 2.05) is 66.7 Å². The van der Waals surface area contributed by atoms with Crippen LogP contribution in [0.1, 0.15) is 17.0 Å². The topological polar surface area (TPSA) is 59.3 Å². The van der Waals surface area contributed by atoms with E-state index in [2.05, 4.69) is 6.07 Å². The zero-order chi connectivity index (χ0) is 18.5. The molecule has 0 aromatic heterocycles. The second-order valence-electron chi connectivity index (χ2n) is 5.92. The van der Waals surface area contributed by atoms with Gasteiger partial charge in [-0.15, -0.1) is 0 Å². The molecule has 2 atom stereocenters. The zero-order valence-corrected chi connectivity index (χ0v) is 14.7. The molecule has 0 bridgehead atoms. The molecule has 0 aliphatic heterocycles. The first-order valence-electron chi connectivity index (χ1n) is 8.29. The highest BCUT2D eigenvalue weighted by atomic mass is 16.5. The minimum absolute atomic E-state index is 0.505. The molecule has 0 unspecified atom stereocenters. The van der Waals surface area contributed by atoms with E-state index in [4.69, 9.17) is 9.47 Å². The molecule has 0 N–H and O–H groups in total. The van der Waals surface area contributed by atoms with Crippen molar-refractivity contribution in [1.82, 2.24) is 0 Å². The molecule has 0 saturated heterocycles. The molecule has 3 aromatic carbocycles. The van der Waals surface area contributed by atoms with E-state index in [-0.39, 0.29) is 0 Å². The van der Waals surface area contributed by atoms with Crippen molar-refractivity contribution in [2.24, 2.45) is 5.92 Å². The summed E-state index contributed by atoms with van der Waals surface area (Å²) in [7, 11) is 2.88. The Hall–Kier alpha value is -3.32. The minimum Gasteiger partial charge on any atom is -0.496 e. The van der Waals surface area contributed by atoms with Crippen molar-refractivity contribution < 1.29 is 14.3 Å². The van der Waals surface area contributed by atoms with Crippen LogP contribution in [0.5, 0.6) is 5.75 Å². The summed E-state index contributed by atoms with van der Waals surface area (Å²) in [6.07, 6.45) is 0. The van der Waals surface area contributed by atoms with Crippen LogP contribution < -0.4 is 4.74 Å². The SMILES string of the molecule is COC(=O)[C@H](C#N)[C@@H](c1ccccc1OC)c1cccc2ccccc12. The molecule has 0 spiro atoms. The lowest BCUT2D eigenvalue weighted by atomic mass is 9.79. The molecule has 4 heteroatoms. The van der Waals surface area contributed by atoms with E-state index < -0.39 is 17.8 Å². The number of fused-ring (bicyclic) bond motifs is 1. The quantitative estimate of drug-likeness (QED) is 0.647. The van der Waals surface area contributed by atoms with Crippen molar-refractivity contribution in [2.45, 2.75) is 5.92 Å². The number of carbonyl (C=O) groups excluding carboxylic acids is 1. The number of methoxy groups -OCH3 is 2. The summed E-state index contributed by atoms with van der Waals surface area (Å²) in [6, 6.07) is 23.4. The van der Waals surface area contributed by atoms with Crippen LogP contribution >= 0.6 is 0 Å². The van der Waals surface area contributed by atoms with E-state index in [1.54, 1.807) is 7.11 Å². The van der Waals surface area contributed by atoms with Crippen molar-refractivity contribution in [3.05, 3.63) is 77.9 Å². The number of rotatable bonds is 5. The van der Waals surface area contributed by atoms with Gasteiger partial charge < -0.3 is 9.47 Å². The second kappa shape index (κ2) is 7.71. The number of benzene rings is 3. The summed E-state index contributed by atoms with van der Waals surface area (Å²) >= 11 is 0.